The number of hydrazine groups is 1. The maximum absolute atomic E-state index is 11.1. The topological polar surface area (TPSA) is 108 Å². The van der Waals surface area contributed by atoms with E-state index in [-0.39, 0.29) is 5.91 Å². The minimum Gasteiger partial charge on any atom is -0.326 e. The van der Waals surface area contributed by atoms with Crippen molar-refractivity contribution >= 4 is 35.1 Å². The number of anilines is 1. The highest BCUT2D eigenvalue weighted by atomic mass is 32.2. The molecule has 1 heterocycles. The van der Waals surface area contributed by atoms with Gasteiger partial charge in [-0.3, -0.25) is 9.79 Å². The summed E-state index contributed by atoms with van der Waals surface area (Å²) in [5.74, 6) is 1.06. The Morgan fingerprint density at radius 3 is 2.54 bits per heavy atom. The van der Waals surface area contributed by atoms with Crippen LogP contribution in [0.1, 0.15) is 20.8 Å². The Morgan fingerprint density at radius 2 is 1.96 bits per heavy atom. The second-order valence-electron chi connectivity index (χ2n) is 5.70. The lowest BCUT2D eigenvalue weighted by Crippen LogP contribution is -2.36. The van der Waals surface area contributed by atoms with Gasteiger partial charge >= 0.3 is 0 Å². The quantitative estimate of drug-likeness (QED) is 0.244. The fourth-order valence-electron chi connectivity index (χ4n) is 2.29. The van der Waals surface area contributed by atoms with Crippen molar-refractivity contribution in [3.8, 4) is 0 Å². The van der Waals surface area contributed by atoms with Crippen LogP contribution in [-0.4, -0.2) is 42.0 Å². The summed E-state index contributed by atoms with van der Waals surface area (Å²) in [5.41, 5.74) is 10.5. The zero-order valence-electron chi connectivity index (χ0n) is 16.7. The number of aliphatic imine (C=N–C) groups is 1. The number of carbonyl (C=O) groups is 1. The molecule has 0 aliphatic carbocycles. The maximum atomic E-state index is 11.1. The summed E-state index contributed by atoms with van der Waals surface area (Å²) < 4.78 is 1.71. The van der Waals surface area contributed by atoms with Crippen molar-refractivity contribution in [2.45, 2.75) is 30.7 Å². The molecule has 28 heavy (non-hydrogen) atoms. The zero-order valence-corrected chi connectivity index (χ0v) is 17.5. The first-order valence-corrected chi connectivity index (χ1v) is 9.62. The number of nitrogens with zero attached hydrogens (tertiary/aromatic N) is 4. The Hall–Kier alpha value is -2.85. The van der Waals surface area contributed by atoms with Crippen LogP contribution in [-0.2, 0) is 4.79 Å². The van der Waals surface area contributed by atoms with Gasteiger partial charge in [-0.05, 0) is 31.2 Å². The highest BCUT2D eigenvalue weighted by molar-refractivity contribution is 7.99. The number of hydrogen-bond acceptors (Lipinski definition) is 7. The molecule has 1 amide bonds. The second-order valence-corrected chi connectivity index (χ2v) is 6.79. The molecule has 0 spiro atoms. The van der Waals surface area contributed by atoms with Gasteiger partial charge in [0, 0.05) is 44.2 Å². The van der Waals surface area contributed by atoms with Crippen LogP contribution >= 0.6 is 11.8 Å². The number of aromatic nitrogens is 2. The van der Waals surface area contributed by atoms with E-state index in [0.29, 0.717) is 17.3 Å². The summed E-state index contributed by atoms with van der Waals surface area (Å²) in [7, 11) is 3.51. The Morgan fingerprint density at radius 1 is 1.25 bits per heavy atom. The average Bonchev–Trinajstić information content (AvgIpc) is 2.67. The molecule has 0 fully saturated rings. The zero-order chi connectivity index (χ0) is 20.5. The molecule has 10 heteroatoms. The number of amides is 1. The summed E-state index contributed by atoms with van der Waals surface area (Å²) in [5, 5.41) is 3.51. The smallest absolute Gasteiger partial charge is 0.253 e. The molecular weight excluding hydrogens is 376 g/mol. The predicted molar refractivity (Wildman–Crippen MR) is 113 cm³/mol. The Kier molecular flexibility index (Phi) is 8.02. The van der Waals surface area contributed by atoms with E-state index in [1.807, 2.05) is 44.2 Å². The van der Waals surface area contributed by atoms with Gasteiger partial charge in [0.15, 0.2) is 5.49 Å². The molecule has 0 aliphatic rings. The minimum atomic E-state index is -0.0972. The SMILES string of the molecule is CCNN/C(C)=N/c1nc(Sc2ccc(NC(C)=O)cc2)cc(=NC)n1NC. The number of benzene rings is 1. The van der Waals surface area contributed by atoms with E-state index in [9.17, 15) is 4.79 Å². The first-order chi connectivity index (χ1) is 13.5. The number of carbonyl (C=O) groups excluding carboxylic acids is 1. The Bertz CT molecular complexity index is 905. The highest BCUT2D eigenvalue weighted by Crippen LogP contribution is 2.27. The van der Waals surface area contributed by atoms with E-state index < -0.39 is 0 Å². The van der Waals surface area contributed by atoms with Gasteiger partial charge in [0.05, 0.1) is 0 Å². The van der Waals surface area contributed by atoms with Crippen molar-refractivity contribution < 1.29 is 4.79 Å². The monoisotopic (exact) mass is 402 g/mol. The molecule has 150 valence electrons. The lowest BCUT2D eigenvalue weighted by Gasteiger charge is -2.13. The van der Waals surface area contributed by atoms with Gasteiger partial charge in [0.1, 0.15) is 10.9 Å². The molecule has 2 aromatic rings. The number of amidine groups is 1. The fourth-order valence-corrected chi connectivity index (χ4v) is 3.09. The predicted octanol–water partition coefficient (Wildman–Crippen LogP) is 1.86. The van der Waals surface area contributed by atoms with Crippen LogP contribution in [0.15, 0.2) is 50.2 Å². The molecule has 0 radical (unpaired) electrons. The maximum Gasteiger partial charge on any atom is 0.253 e. The van der Waals surface area contributed by atoms with Gasteiger partial charge in [-0.25, -0.2) is 15.1 Å². The van der Waals surface area contributed by atoms with Crippen molar-refractivity contribution in [3.05, 3.63) is 35.8 Å². The lowest BCUT2D eigenvalue weighted by molar-refractivity contribution is -0.114. The molecule has 4 N–H and O–H groups in total. The summed E-state index contributed by atoms with van der Waals surface area (Å²) in [6.07, 6.45) is 0. The van der Waals surface area contributed by atoms with E-state index in [1.165, 1.54) is 18.7 Å². The van der Waals surface area contributed by atoms with E-state index in [4.69, 9.17) is 0 Å². The molecule has 1 aromatic carbocycles. The van der Waals surface area contributed by atoms with Gasteiger partial charge in [-0.1, -0.05) is 18.7 Å². The standard InChI is InChI=1S/C18H26N8OS/c1-6-21-25-12(2)22-18-24-17(11-16(19-4)26(18)20-5)28-15-9-7-14(8-10-15)23-13(3)27/h7-11,20-21H,6H2,1-5H3,(H,23,27)(H,22,24,25). The van der Waals surface area contributed by atoms with Crippen LogP contribution in [0.3, 0.4) is 0 Å². The Labute approximate surface area is 168 Å². The summed E-state index contributed by atoms with van der Waals surface area (Å²) in [4.78, 5) is 25.6. The van der Waals surface area contributed by atoms with Crippen molar-refractivity contribution in [2.75, 3.05) is 31.4 Å². The minimum absolute atomic E-state index is 0.0972. The first kappa shape index (κ1) is 21.5. The van der Waals surface area contributed by atoms with Crippen LogP contribution in [0, 0.1) is 0 Å². The molecule has 0 saturated heterocycles. The molecular formula is C18H26N8OS. The van der Waals surface area contributed by atoms with Crippen molar-refractivity contribution in [1.82, 2.24) is 20.5 Å². The van der Waals surface area contributed by atoms with Gasteiger partial charge in [0.25, 0.3) is 5.95 Å². The van der Waals surface area contributed by atoms with E-state index >= 15 is 0 Å². The molecule has 0 atom stereocenters. The molecule has 1 aromatic heterocycles. The van der Waals surface area contributed by atoms with Crippen LogP contribution in [0.4, 0.5) is 11.6 Å². The van der Waals surface area contributed by atoms with Gasteiger partial charge in [0.2, 0.25) is 5.91 Å². The third-order valence-corrected chi connectivity index (χ3v) is 4.38. The van der Waals surface area contributed by atoms with Crippen LogP contribution < -0.4 is 27.1 Å². The van der Waals surface area contributed by atoms with Crippen LogP contribution in [0.5, 0.6) is 0 Å². The lowest BCUT2D eigenvalue weighted by atomic mass is 10.3. The van der Waals surface area contributed by atoms with Crippen LogP contribution in [0.2, 0.25) is 0 Å². The summed E-state index contributed by atoms with van der Waals surface area (Å²) >= 11 is 1.49. The Balaban J connectivity index is 2.34. The molecule has 0 unspecified atom stereocenters. The highest BCUT2D eigenvalue weighted by Gasteiger charge is 2.08. The molecule has 9 nitrogen and oxygen atoms in total. The van der Waals surface area contributed by atoms with Crippen LogP contribution in [0.25, 0.3) is 0 Å². The average molecular weight is 403 g/mol. The van der Waals surface area contributed by atoms with Gasteiger partial charge in [-0.15, -0.1) is 0 Å². The molecule has 2 rings (SSSR count). The van der Waals surface area contributed by atoms with Gasteiger partial charge in [-0.2, -0.15) is 4.99 Å². The van der Waals surface area contributed by atoms with Crippen molar-refractivity contribution in [2.24, 2.45) is 9.98 Å². The third kappa shape index (κ3) is 6.10. The van der Waals surface area contributed by atoms with Gasteiger partial charge < -0.3 is 16.2 Å². The number of nitrogens with one attached hydrogen (secondary N) is 4. The normalized spacial score (nSPS) is 12.0. The fraction of sp³-hybridized carbons (Fsp3) is 0.333. The molecule has 0 bridgehead atoms. The molecule has 0 aliphatic heterocycles. The van der Waals surface area contributed by atoms with Crippen molar-refractivity contribution in [1.29, 1.82) is 0 Å². The largest absolute Gasteiger partial charge is 0.326 e. The second kappa shape index (κ2) is 10.5. The third-order valence-electron chi connectivity index (χ3n) is 3.46. The summed E-state index contributed by atoms with van der Waals surface area (Å²) in [6, 6.07) is 9.46. The number of rotatable bonds is 7. The first-order valence-electron chi connectivity index (χ1n) is 8.81. The summed E-state index contributed by atoms with van der Waals surface area (Å²) in [6.45, 7) is 6.10. The van der Waals surface area contributed by atoms with E-state index in [1.54, 1.807) is 18.8 Å². The number of hydrogen-bond donors (Lipinski definition) is 4. The van der Waals surface area contributed by atoms with E-state index in [2.05, 4.69) is 36.6 Å². The van der Waals surface area contributed by atoms with E-state index in [0.717, 1.165) is 22.2 Å². The molecule has 0 saturated carbocycles. The van der Waals surface area contributed by atoms with Crippen molar-refractivity contribution in [3.63, 3.8) is 0 Å².